The molecule has 0 saturated heterocycles. The van der Waals surface area contributed by atoms with Crippen LogP contribution in [0.4, 0.5) is 0 Å². The second-order valence-corrected chi connectivity index (χ2v) is 12.0. The molecule has 6 aromatic rings. The first-order chi connectivity index (χ1) is 18.7. The molecular formula is C33H32N2OS2. The Kier molecular flexibility index (Phi) is 7.39. The first-order valence-corrected chi connectivity index (χ1v) is 15.3. The number of fused-ring (bicyclic) bond motifs is 5. The Balaban J connectivity index is 1.22. The Morgan fingerprint density at radius 3 is 1.71 bits per heavy atom. The Morgan fingerprint density at radius 1 is 0.605 bits per heavy atom. The molecule has 0 amide bonds. The Morgan fingerprint density at radius 2 is 1.13 bits per heavy atom. The molecule has 2 aromatic heterocycles. The number of rotatable bonds is 10. The minimum absolute atomic E-state index is 0.788. The molecular weight excluding hydrogens is 505 g/mol. The molecule has 2 heterocycles. The molecule has 0 radical (unpaired) electrons. The number of aryl methyl sites for hydroxylation is 1. The third-order valence-corrected chi connectivity index (χ3v) is 9.38. The molecule has 0 atom stereocenters. The van der Waals surface area contributed by atoms with Gasteiger partial charge in [-0.3, -0.25) is 0 Å². The van der Waals surface area contributed by atoms with Crippen LogP contribution in [0.25, 0.3) is 52.3 Å². The average molecular weight is 537 g/mol. The zero-order chi connectivity index (χ0) is 25.9. The Labute approximate surface area is 232 Å². The van der Waals surface area contributed by atoms with E-state index >= 15 is 0 Å². The van der Waals surface area contributed by atoms with Crippen molar-refractivity contribution >= 4 is 53.9 Å². The van der Waals surface area contributed by atoms with Crippen molar-refractivity contribution in [1.29, 1.82) is 0 Å². The SMILES string of the molecule is CCCCCCCCOc1ccc(-c2nc3ccc4c(ccc5nc(-c6ccc(C)cc6)sc54)c3s2)cc1. The van der Waals surface area contributed by atoms with Gasteiger partial charge in [0.05, 0.1) is 27.0 Å². The highest BCUT2D eigenvalue weighted by atomic mass is 32.1. The van der Waals surface area contributed by atoms with E-state index in [9.17, 15) is 0 Å². The van der Waals surface area contributed by atoms with Crippen LogP contribution in [0.15, 0.2) is 72.8 Å². The zero-order valence-electron chi connectivity index (χ0n) is 22.0. The summed E-state index contributed by atoms with van der Waals surface area (Å²) >= 11 is 3.53. The van der Waals surface area contributed by atoms with E-state index in [-0.39, 0.29) is 0 Å². The number of ether oxygens (including phenoxy) is 1. The highest BCUT2D eigenvalue weighted by Gasteiger charge is 2.14. The van der Waals surface area contributed by atoms with Gasteiger partial charge in [-0.15, -0.1) is 22.7 Å². The molecule has 38 heavy (non-hydrogen) atoms. The molecule has 0 aliphatic carbocycles. The van der Waals surface area contributed by atoms with Crippen molar-refractivity contribution in [2.75, 3.05) is 6.61 Å². The van der Waals surface area contributed by atoms with E-state index in [0.29, 0.717) is 0 Å². The van der Waals surface area contributed by atoms with Gasteiger partial charge in [0.2, 0.25) is 0 Å². The van der Waals surface area contributed by atoms with E-state index in [1.807, 2.05) is 0 Å². The lowest BCUT2D eigenvalue weighted by Crippen LogP contribution is -1.97. The smallest absolute Gasteiger partial charge is 0.124 e. The van der Waals surface area contributed by atoms with E-state index in [4.69, 9.17) is 14.7 Å². The molecule has 0 unspecified atom stereocenters. The van der Waals surface area contributed by atoms with Crippen LogP contribution in [0.3, 0.4) is 0 Å². The van der Waals surface area contributed by atoms with Crippen LogP contribution in [0.1, 0.15) is 51.0 Å². The number of hydrogen-bond donors (Lipinski definition) is 0. The summed E-state index contributed by atoms with van der Waals surface area (Å²) in [7, 11) is 0. The first-order valence-electron chi connectivity index (χ1n) is 13.6. The maximum atomic E-state index is 5.98. The third-order valence-electron chi connectivity index (χ3n) is 7.07. The lowest BCUT2D eigenvalue weighted by atomic mass is 10.1. The van der Waals surface area contributed by atoms with Gasteiger partial charge in [0.25, 0.3) is 0 Å². The molecule has 4 aromatic carbocycles. The molecule has 3 nitrogen and oxygen atoms in total. The molecule has 0 fully saturated rings. The summed E-state index contributed by atoms with van der Waals surface area (Å²) in [5.41, 5.74) is 5.67. The number of aromatic nitrogens is 2. The van der Waals surface area contributed by atoms with Crippen LogP contribution < -0.4 is 4.74 Å². The van der Waals surface area contributed by atoms with Gasteiger partial charge in [-0.2, -0.15) is 0 Å². The van der Waals surface area contributed by atoms with Gasteiger partial charge in [0.1, 0.15) is 15.8 Å². The fourth-order valence-corrected chi connectivity index (χ4v) is 7.08. The van der Waals surface area contributed by atoms with Crippen LogP contribution in [-0.2, 0) is 0 Å². The fourth-order valence-electron chi connectivity index (χ4n) is 4.89. The highest BCUT2D eigenvalue weighted by Crippen LogP contribution is 2.40. The van der Waals surface area contributed by atoms with E-state index in [1.165, 1.54) is 63.4 Å². The van der Waals surface area contributed by atoms with Gasteiger partial charge in [-0.1, -0.05) is 81.0 Å². The molecule has 0 aliphatic heterocycles. The van der Waals surface area contributed by atoms with E-state index in [0.717, 1.165) is 45.4 Å². The quantitative estimate of drug-likeness (QED) is 0.163. The maximum Gasteiger partial charge on any atom is 0.124 e. The van der Waals surface area contributed by atoms with Crippen molar-refractivity contribution in [3.8, 4) is 26.9 Å². The van der Waals surface area contributed by atoms with Gasteiger partial charge in [0, 0.05) is 21.9 Å². The molecule has 192 valence electrons. The summed E-state index contributed by atoms with van der Waals surface area (Å²) in [6, 6.07) is 25.8. The number of nitrogens with zero attached hydrogens (tertiary/aromatic N) is 2. The lowest BCUT2D eigenvalue weighted by Gasteiger charge is -2.06. The van der Waals surface area contributed by atoms with Crippen LogP contribution in [0, 0.1) is 6.92 Å². The summed E-state index contributed by atoms with van der Waals surface area (Å²) in [6.07, 6.45) is 7.65. The first kappa shape index (κ1) is 25.0. The fraction of sp³-hybridized carbons (Fsp3) is 0.273. The van der Waals surface area contributed by atoms with Gasteiger partial charge in [-0.05, 0) is 49.7 Å². The van der Waals surface area contributed by atoms with Crippen LogP contribution in [0.2, 0.25) is 0 Å². The van der Waals surface area contributed by atoms with E-state index in [1.54, 1.807) is 22.7 Å². The molecule has 0 spiro atoms. The molecule has 0 bridgehead atoms. The van der Waals surface area contributed by atoms with Gasteiger partial charge in [0.15, 0.2) is 0 Å². The minimum Gasteiger partial charge on any atom is -0.494 e. The molecule has 6 rings (SSSR count). The largest absolute Gasteiger partial charge is 0.494 e. The van der Waals surface area contributed by atoms with Crippen molar-refractivity contribution in [3.05, 3.63) is 78.4 Å². The van der Waals surface area contributed by atoms with Crippen LogP contribution >= 0.6 is 22.7 Å². The molecule has 0 saturated carbocycles. The van der Waals surface area contributed by atoms with Crippen LogP contribution in [0.5, 0.6) is 5.75 Å². The van der Waals surface area contributed by atoms with Gasteiger partial charge < -0.3 is 4.74 Å². The topological polar surface area (TPSA) is 35.0 Å². The van der Waals surface area contributed by atoms with E-state index < -0.39 is 0 Å². The number of benzene rings is 4. The van der Waals surface area contributed by atoms with Gasteiger partial charge >= 0.3 is 0 Å². The second-order valence-electron chi connectivity index (χ2n) is 9.97. The third kappa shape index (κ3) is 5.18. The predicted octanol–water partition coefficient (Wildman–Crippen LogP) is 10.4. The zero-order valence-corrected chi connectivity index (χ0v) is 23.6. The standard InChI is InChI=1S/C33H32N2OS2/c1-3-4-5-6-7-8-21-36-25-15-13-24(14-16-25)33-35-29-20-18-26-27(31(29)38-33)17-19-28-30(26)37-32(34-28)23-11-9-22(2)10-12-23/h9-20H,3-8,21H2,1-2H3. The van der Waals surface area contributed by atoms with Gasteiger partial charge in [-0.25, -0.2) is 9.97 Å². The van der Waals surface area contributed by atoms with Crippen molar-refractivity contribution in [3.63, 3.8) is 0 Å². The van der Waals surface area contributed by atoms with Crippen molar-refractivity contribution in [2.24, 2.45) is 0 Å². The second kappa shape index (κ2) is 11.2. The highest BCUT2D eigenvalue weighted by molar-refractivity contribution is 7.23. The predicted molar refractivity (Wildman–Crippen MR) is 165 cm³/mol. The van der Waals surface area contributed by atoms with Crippen molar-refractivity contribution < 1.29 is 4.74 Å². The molecule has 5 heteroatoms. The summed E-state index contributed by atoms with van der Waals surface area (Å²) in [5.74, 6) is 0.936. The summed E-state index contributed by atoms with van der Waals surface area (Å²) < 4.78 is 8.45. The van der Waals surface area contributed by atoms with Crippen molar-refractivity contribution in [1.82, 2.24) is 9.97 Å². The monoisotopic (exact) mass is 536 g/mol. The Hall–Kier alpha value is -3.28. The number of hydrogen-bond acceptors (Lipinski definition) is 5. The summed E-state index contributed by atoms with van der Waals surface area (Å²) in [4.78, 5) is 9.92. The average Bonchev–Trinajstić information content (AvgIpc) is 3.58. The number of unbranched alkanes of at least 4 members (excludes halogenated alkanes) is 5. The summed E-state index contributed by atoms with van der Waals surface area (Å²) in [6.45, 7) is 5.16. The normalized spacial score (nSPS) is 11.6. The van der Waals surface area contributed by atoms with E-state index in [2.05, 4.69) is 86.6 Å². The minimum atomic E-state index is 0.788. The molecule has 0 N–H and O–H groups in total. The Bertz CT molecular complexity index is 1680. The maximum absolute atomic E-state index is 5.98. The van der Waals surface area contributed by atoms with Crippen LogP contribution in [-0.4, -0.2) is 16.6 Å². The number of thiazole rings is 2. The summed E-state index contributed by atoms with van der Waals surface area (Å²) in [5, 5.41) is 4.60. The van der Waals surface area contributed by atoms with Crippen molar-refractivity contribution in [2.45, 2.75) is 52.4 Å². The lowest BCUT2D eigenvalue weighted by molar-refractivity contribution is 0.304. The molecule has 0 aliphatic rings.